The molecule has 1 aromatic rings. The molecule has 16 heavy (non-hydrogen) atoms. The molecule has 0 aliphatic rings. The van der Waals surface area contributed by atoms with Crippen molar-refractivity contribution in [2.75, 3.05) is 6.54 Å². The molecule has 1 heterocycles. The van der Waals surface area contributed by atoms with Crippen molar-refractivity contribution >= 4 is 0 Å². The van der Waals surface area contributed by atoms with E-state index in [1.54, 1.807) is 0 Å². The number of nitro groups is 1. The van der Waals surface area contributed by atoms with Crippen LogP contribution in [0.4, 0.5) is 13.2 Å². The van der Waals surface area contributed by atoms with Crippen LogP contribution in [0.15, 0.2) is 12.4 Å². The van der Waals surface area contributed by atoms with Crippen molar-refractivity contribution in [1.29, 1.82) is 0 Å². The van der Waals surface area contributed by atoms with E-state index in [0.29, 0.717) is 0 Å². The third-order valence-electron chi connectivity index (χ3n) is 2.02. The number of aromatic nitrogens is 2. The van der Waals surface area contributed by atoms with E-state index in [2.05, 4.69) is 4.98 Å². The maximum absolute atomic E-state index is 12.6. The Bertz CT molecular complexity index is 403. The van der Waals surface area contributed by atoms with E-state index in [1.165, 1.54) is 7.05 Å². The average Bonchev–Trinajstić information content (AvgIpc) is 2.48. The highest BCUT2D eigenvalue weighted by Crippen LogP contribution is 2.37. The molecule has 0 saturated heterocycles. The Morgan fingerprint density at radius 2 is 2.19 bits per heavy atom. The maximum atomic E-state index is 12.6. The summed E-state index contributed by atoms with van der Waals surface area (Å²) in [6.07, 6.45) is -2.99. The molecule has 9 heteroatoms. The van der Waals surface area contributed by atoms with Gasteiger partial charge in [0.25, 0.3) is 5.60 Å². The molecule has 1 N–H and O–H groups in total. The molecular weight excluding hydrogens is 231 g/mol. The molecule has 0 spiro atoms. The Hall–Kier alpha value is -1.64. The Balaban J connectivity index is 3.26. The van der Waals surface area contributed by atoms with E-state index in [1.807, 2.05) is 0 Å². The van der Waals surface area contributed by atoms with Gasteiger partial charge in [0.05, 0.1) is 0 Å². The normalized spacial score (nSPS) is 15.8. The zero-order valence-electron chi connectivity index (χ0n) is 8.10. The zero-order chi connectivity index (χ0) is 12.6. The largest absolute Gasteiger partial charge is 0.431 e. The second kappa shape index (κ2) is 3.74. The van der Waals surface area contributed by atoms with Crippen LogP contribution in [-0.2, 0) is 12.6 Å². The summed E-state index contributed by atoms with van der Waals surface area (Å²) >= 11 is 0. The fourth-order valence-electron chi connectivity index (χ4n) is 1.24. The van der Waals surface area contributed by atoms with Crippen molar-refractivity contribution in [2.24, 2.45) is 7.05 Å². The lowest BCUT2D eigenvalue weighted by Crippen LogP contribution is -2.49. The van der Waals surface area contributed by atoms with E-state index in [9.17, 15) is 28.4 Å². The van der Waals surface area contributed by atoms with Gasteiger partial charge in [0.2, 0.25) is 6.54 Å². The topological polar surface area (TPSA) is 81.2 Å². The van der Waals surface area contributed by atoms with Crippen LogP contribution in [0.1, 0.15) is 5.82 Å². The predicted molar refractivity (Wildman–Crippen MR) is 45.0 cm³/mol. The molecule has 0 aliphatic heterocycles. The lowest BCUT2D eigenvalue weighted by molar-refractivity contribution is -0.519. The van der Waals surface area contributed by atoms with E-state index >= 15 is 0 Å². The number of nitrogens with zero attached hydrogens (tertiary/aromatic N) is 3. The minimum atomic E-state index is -5.17. The molecule has 0 bridgehead atoms. The molecule has 1 unspecified atom stereocenters. The molecule has 0 saturated carbocycles. The van der Waals surface area contributed by atoms with E-state index < -0.39 is 29.1 Å². The average molecular weight is 239 g/mol. The van der Waals surface area contributed by atoms with Crippen LogP contribution in [0.2, 0.25) is 0 Å². The monoisotopic (exact) mass is 239 g/mol. The summed E-state index contributed by atoms with van der Waals surface area (Å²) in [6.45, 7) is -1.68. The van der Waals surface area contributed by atoms with Gasteiger partial charge in [-0.2, -0.15) is 13.2 Å². The molecule has 0 radical (unpaired) electrons. The van der Waals surface area contributed by atoms with Crippen LogP contribution >= 0.6 is 0 Å². The van der Waals surface area contributed by atoms with Crippen LogP contribution in [0.25, 0.3) is 0 Å². The molecule has 0 aliphatic carbocycles. The summed E-state index contributed by atoms with van der Waals surface area (Å²) < 4.78 is 38.7. The Labute approximate surface area is 87.5 Å². The predicted octanol–water partition coefficient (Wildman–Crippen LogP) is 0.447. The molecule has 0 amide bonds. The number of aliphatic hydroxyl groups is 1. The third kappa shape index (κ3) is 1.98. The van der Waals surface area contributed by atoms with Gasteiger partial charge in [0.15, 0.2) is 5.82 Å². The quantitative estimate of drug-likeness (QED) is 0.613. The lowest BCUT2D eigenvalue weighted by Gasteiger charge is -2.25. The van der Waals surface area contributed by atoms with Gasteiger partial charge in [-0.3, -0.25) is 10.1 Å². The third-order valence-corrected chi connectivity index (χ3v) is 2.02. The molecular formula is C7H8F3N3O3. The van der Waals surface area contributed by atoms with Crippen LogP contribution in [0.3, 0.4) is 0 Å². The summed E-state index contributed by atoms with van der Waals surface area (Å²) in [4.78, 5) is 12.2. The van der Waals surface area contributed by atoms with Gasteiger partial charge < -0.3 is 9.67 Å². The van der Waals surface area contributed by atoms with E-state index in [4.69, 9.17) is 0 Å². The maximum Gasteiger partial charge on any atom is 0.431 e. The van der Waals surface area contributed by atoms with Crippen LogP contribution < -0.4 is 0 Å². The molecule has 1 rings (SSSR count). The first-order chi connectivity index (χ1) is 7.18. The molecule has 1 atom stereocenters. The highest BCUT2D eigenvalue weighted by atomic mass is 19.4. The summed E-state index contributed by atoms with van der Waals surface area (Å²) in [6, 6.07) is 0. The first kappa shape index (κ1) is 12.4. The number of imidazole rings is 1. The van der Waals surface area contributed by atoms with Crippen molar-refractivity contribution in [3.8, 4) is 0 Å². The minimum Gasteiger partial charge on any atom is -0.369 e. The molecule has 0 fully saturated rings. The van der Waals surface area contributed by atoms with Gasteiger partial charge in [-0.25, -0.2) is 4.98 Å². The highest BCUT2D eigenvalue weighted by Gasteiger charge is 2.61. The zero-order valence-corrected chi connectivity index (χ0v) is 8.10. The SMILES string of the molecule is Cn1ccnc1C(O)(C[N+](=O)[O-])C(F)(F)F. The summed E-state index contributed by atoms with van der Waals surface area (Å²) in [5.41, 5.74) is -3.57. The lowest BCUT2D eigenvalue weighted by atomic mass is 10.0. The van der Waals surface area contributed by atoms with E-state index in [-0.39, 0.29) is 0 Å². The fraction of sp³-hybridized carbons (Fsp3) is 0.571. The number of rotatable bonds is 3. The number of hydrogen-bond acceptors (Lipinski definition) is 4. The number of alkyl halides is 3. The molecule has 6 nitrogen and oxygen atoms in total. The van der Waals surface area contributed by atoms with Crippen molar-refractivity contribution in [3.63, 3.8) is 0 Å². The Morgan fingerprint density at radius 1 is 1.62 bits per heavy atom. The Kier molecular flexibility index (Phi) is 2.91. The standard InChI is InChI=1S/C7H8F3N3O3/c1-12-3-2-11-5(12)6(14,4-13(15)16)7(8,9)10/h2-3,14H,4H2,1H3. The summed E-state index contributed by atoms with van der Waals surface area (Å²) in [5.74, 6) is -0.809. The fourth-order valence-corrected chi connectivity index (χ4v) is 1.24. The second-order valence-electron chi connectivity index (χ2n) is 3.21. The van der Waals surface area contributed by atoms with Crippen LogP contribution in [0, 0.1) is 10.1 Å². The smallest absolute Gasteiger partial charge is 0.369 e. The molecule has 90 valence electrons. The number of hydrogen-bond donors (Lipinski definition) is 1. The minimum absolute atomic E-state index is 0.809. The van der Waals surface area contributed by atoms with Gasteiger partial charge in [-0.05, 0) is 0 Å². The van der Waals surface area contributed by atoms with Gasteiger partial charge >= 0.3 is 6.18 Å². The van der Waals surface area contributed by atoms with Crippen molar-refractivity contribution in [2.45, 2.75) is 11.8 Å². The van der Waals surface area contributed by atoms with Gasteiger partial charge in [0, 0.05) is 24.4 Å². The summed E-state index contributed by atoms with van der Waals surface area (Å²) in [7, 11) is 1.21. The van der Waals surface area contributed by atoms with Crippen molar-refractivity contribution in [1.82, 2.24) is 9.55 Å². The second-order valence-corrected chi connectivity index (χ2v) is 3.21. The van der Waals surface area contributed by atoms with Crippen molar-refractivity contribution < 1.29 is 23.2 Å². The Morgan fingerprint density at radius 3 is 2.50 bits per heavy atom. The van der Waals surface area contributed by atoms with Crippen molar-refractivity contribution in [3.05, 3.63) is 28.3 Å². The highest BCUT2D eigenvalue weighted by molar-refractivity contribution is 5.08. The van der Waals surface area contributed by atoms with Crippen LogP contribution in [0.5, 0.6) is 0 Å². The number of halogens is 3. The molecule has 0 aromatic carbocycles. The van der Waals surface area contributed by atoms with Gasteiger partial charge in [0.1, 0.15) is 0 Å². The molecule has 1 aromatic heterocycles. The van der Waals surface area contributed by atoms with Crippen LogP contribution in [-0.4, -0.2) is 32.3 Å². The van der Waals surface area contributed by atoms with Gasteiger partial charge in [-0.15, -0.1) is 0 Å². The van der Waals surface area contributed by atoms with E-state index in [0.717, 1.165) is 17.0 Å². The first-order valence-corrected chi connectivity index (χ1v) is 4.07. The number of aryl methyl sites for hydroxylation is 1. The van der Waals surface area contributed by atoms with Gasteiger partial charge in [-0.1, -0.05) is 0 Å². The summed E-state index contributed by atoms with van der Waals surface area (Å²) in [5, 5.41) is 19.6. The first-order valence-electron chi connectivity index (χ1n) is 4.07.